The summed E-state index contributed by atoms with van der Waals surface area (Å²) in [5.74, 6) is 8.39. The van der Waals surface area contributed by atoms with Crippen LogP contribution in [0.4, 0.5) is 5.82 Å². The molecule has 0 radical (unpaired) electrons. The summed E-state index contributed by atoms with van der Waals surface area (Å²) < 4.78 is 1.31. The molecule has 0 spiro atoms. The first kappa shape index (κ1) is 24.6. The zero-order valence-electron chi connectivity index (χ0n) is 21.9. The van der Waals surface area contributed by atoms with Crippen LogP contribution < -0.4 is 16.3 Å². The largest absolute Gasteiger partial charge is 0.354 e. The maximum Gasteiger partial charge on any atom is 0.275 e. The highest BCUT2D eigenvalue weighted by Gasteiger charge is 2.25. The molecular weight excluding hydrogens is 472 g/mol. The number of pyridine rings is 1. The van der Waals surface area contributed by atoms with E-state index in [0.717, 1.165) is 99.7 Å². The molecule has 1 unspecified atom stereocenters. The van der Waals surface area contributed by atoms with E-state index >= 15 is 0 Å². The molecule has 1 aliphatic carbocycles. The summed E-state index contributed by atoms with van der Waals surface area (Å²) in [6.45, 7) is 5.11. The number of hydrogen-bond donors (Lipinski definition) is 1. The van der Waals surface area contributed by atoms with Crippen molar-refractivity contribution in [2.75, 3.05) is 43.5 Å². The third-order valence-corrected chi connectivity index (χ3v) is 8.22. The first-order chi connectivity index (χ1) is 18.7. The van der Waals surface area contributed by atoms with E-state index in [-0.39, 0.29) is 5.56 Å². The molecule has 38 heavy (non-hydrogen) atoms. The maximum absolute atomic E-state index is 13.1. The highest BCUT2D eigenvalue weighted by atomic mass is 16.1. The van der Waals surface area contributed by atoms with Gasteiger partial charge in [-0.2, -0.15) is 0 Å². The monoisotopic (exact) mass is 508 g/mol. The smallest absolute Gasteiger partial charge is 0.275 e. The number of piperazine rings is 1. The number of para-hydroxylation sites is 1. The Kier molecular flexibility index (Phi) is 7.10. The van der Waals surface area contributed by atoms with E-state index in [2.05, 4.69) is 64.4 Å². The fourth-order valence-corrected chi connectivity index (χ4v) is 5.97. The zero-order valence-corrected chi connectivity index (χ0v) is 21.9. The fraction of sp³-hybridized carbons (Fsp3) is 0.387. The Morgan fingerprint density at radius 3 is 2.50 bits per heavy atom. The van der Waals surface area contributed by atoms with Gasteiger partial charge in [0.1, 0.15) is 11.6 Å². The van der Waals surface area contributed by atoms with Crippen LogP contribution in [0.1, 0.15) is 47.8 Å². The van der Waals surface area contributed by atoms with Crippen molar-refractivity contribution in [2.24, 2.45) is 0 Å². The number of benzene rings is 2. The second-order valence-corrected chi connectivity index (χ2v) is 10.6. The molecule has 4 aromatic rings. The molecule has 3 heterocycles. The van der Waals surface area contributed by atoms with Crippen LogP contribution in [0.15, 0.2) is 71.5 Å². The highest BCUT2D eigenvalue weighted by molar-refractivity contribution is 5.80. The average Bonchev–Trinajstić information content (AvgIpc) is 2.98. The van der Waals surface area contributed by atoms with Gasteiger partial charge in [0.2, 0.25) is 0 Å². The van der Waals surface area contributed by atoms with Crippen molar-refractivity contribution < 1.29 is 0 Å². The summed E-state index contributed by atoms with van der Waals surface area (Å²) in [5, 5.41) is 1.18. The minimum absolute atomic E-state index is 0.0657. The molecule has 0 saturated carbocycles. The van der Waals surface area contributed by atoms with E-state index in [1.807, 2.05) is 12.1 Å². The van der Waals surface area contributed by atoms with E-state index in [9.17, 15) is 4.79 Å². The molecule has 2 N–H and O–H groups in total. The van der Waals surface area contributed by atoms with E-state index < -0.39 is 0 Å². The summed E-state index contributed by atoms with van der Waals surface area (Å²) >= 11 is 0. The lowest BCUT2D eigenvalue weighted by Gasteiger charge is -2.35. The minimum Gasteiger partial charge on any atom is -0.354 e. The standard InChI is InChI=1S/C31H36N6O/c32-37-30(34-28-15-13-25(22-26(28)31(37)38)23-8-2-1-3-9-23)12-6-7-17-35-18-20-36(21-19-35)29-16-14-24-10-4-5-11-27(24)33-29/h1-5,8-11,14,16,25H,6-7,12-13,15,17-22,32H2. The van der Waals surface area contributed by atoms with E-state index in [1.54, 1.807) is 0 Å². The SMILES string of the molecule is Nn1c(CCCCN2CCN(c3ccc4ccccc4n3)CC2)nc2c(c1=O)CC(c1ccccc1)CC2. The van der Waals surface area contributed by atoms with Crippen LogP contribution in [0.2, 0.25) is 0 Å². The van der Waals surface area contributed by atoms with Gasteiger partial charge in [0.15, 0.2) is 0 Å². The molecule has 0 bridgehead atoms. The minimum atomic E-state index is -0.0657. The van der Waals surface area contributed by atoms with Gasteiger partial charge in [-0.1, -0.05) is 48.5 Å². The molecule has 2 aromatic carbocycles. The quantitative estimate of drug-likeness (QED) is 0.301. The van der Waals surface area contributed by atoms with Crippen molar-refractivity contribution >= 4 is 16.7 Å². The van der Waals surface area contributed by atoms with E-state index in [1.165, 1.54) is 15.6 Å². The summed E-state index contributed by atoms with van der Waals surface area (Å²) in [4.78, 5) is 27.7. The van der Waals surface area contributed by atoms with Gasteiger partial charge in [0, 0.05) is 43.5 Å². The van der Waals surface area contributed by atoms with Crippen molar-refractivity contribution in [1.82, 2.24) is 19.5 Å². The number of fused-ring (bicyclic) bond motifs is 2. The number of nitrogens with two attached hydrogens (primary N) is 1. The predicted octanol–water partition coefficient (Wildman–Crippen LogP) is 3.92. The normalized spacial score (nSPS) is 18.0. The zero-order chi connectivity index (χ0) is 25.9. The van der Waals surface area contributed by atoms with Crippen molar-refractivity contribution in [2.45, 2.75) is 44.4 Å². The number of unbranched alkanes of at least 4 members (excludes halogenated alkanes) is 1. The van der Waals surface area contributed by atoms with Crippen LogP contribution in [0, 0.1) is 0 Å². The summed E-state index contributed by atoms with van der Waals surface area (Å²) in [6, 6.07) is 23.0. The number of aromatic nitrogens is 3. The number of nitrogen functional groups attached to an aromatic ring is 1. The van der Waals surface area contributed by atoms with Crippen molar-refractivity contribution in [3.05, 3.63) is 99.7 Å². The first-order valence-corrected chi connectivity index (χ1v) is 13.9. The third kappa shape index (κ3) is 5.16. The van der Waals surface area contributed by atoms with Crippen LogP contribution in [0.5, 0.6) is 0 Å². The van der Waals surface area contributed by atoms with Gasteiger partial charge in [0.25, 0.3) is 5.56 Å². The van der Waals surface area contributed by atoms with Gasteiger partial charge in [-0.3, -0.25) is 9.69 Å². The maximum atomic E-state index is 13.1. The summed E-state index contributed by atoms with van der Waals surface area (Å²) in [6.07, 6.45) is 5.37. The number of aryl methyl sites for hydroxylation is 2. The molecule has 2 aliphatic rings. The molecule has 2 aromatic heterocycles. The number of anilines is 1. The molecular formula is C31H36N6O. The Balaban J connectivity index is 0.996. The number of rotatable bonds is 7. The van der Waals surface area contributed by atoms with Crippen LogP contribution in [-0.4, -0.2) is 52.3 Å². The lowest BCUT2D eigenvalue weighted by atomic mass is 9.82. The van der Waals surface area contributed by atoms with Crippen LogP contribution in [-0.2, 0) is 19.3 Å². The van der Waals surface area contributed by atoms with Gasteiger partial charge in [-0.25, -0.2) is 14.6 Å². The molecule has 1 atom stereocenters. The molecule has 7 heteroatoms. The van der Waals surface area contributed by atoms with Gasteiger partial charge in [0.05, 0.1) is 11.2 Å². The fourth-order valence-electron chi connectivity index (χ4n) is 5.97. The van der Waals surface area contributed by atoms with E-state index in [4.69, 9.17) is 15.8 Å². The second kappa shape index (κ2) is 11.0. The molecule has 6 rings (SSSR count). The van der Waals surface area contributed by atoms with Gasteiger partial charge >= 0.3 is 0 Å². The number of hydrogen-bond acceptors (Lipinski definition) is 6. The van der Waals surface area contributed by atoms with Gasteiger partial charge in [-0.05, 0) is 68.3 Å². The predicted molar refractivity (Wildman–Crippen MR) is 153 cm³/mol. The lowest BCUT2D eigenvalue weighted by Crippen LogP contribution is -2.46. The van der Waals surface area contributed by atoms with E-state index in [0.29, 0.717) is 5.92 Å². The van der Waals surface area contributed by atoms with Gasteiger partial charge in [-0.15, -0.1) is 0 Å². The number of nitrogens with zero attached hydrogens (tertiary/aromatic N) is 5. The van der Waals surface area contributed by atoms with Crippen LogP contribution in [0.25, 0.3) is 10.9 Å². The highest BCUT2D eigenvalue weighted by Crippen LogP contribution is 2.30. The van der Waals surface area contributed by atoms with Crippen molar-refractivity contribution in [1.29, 1.82) is 0 Å². The van der Waals surface area contributed by atoms with Crippen LogP contribution >= 0.6 is 0 Å². The Morgan fingerprint density at radius 1 is 0.868 bits per heavy atom. The van der Waals surface area contributed by atoms with Crippen molar-refractivity contribution in [3.8, 4) is 0 Å². The summed E-state index contributed by atoms with van der Waals surface area (Å²) in [5.41, 5.74) is 4.04. The summed E-state index contributed by atoms with van der Waals surface area (Å²) in [7, 11) is 0. The third-order valence-electron chi connectivity index (χ3n) is 8.22. The molecule has 1 fully saturated rings. The molecule has 196 valence electrons. The second-order valence-electron chi connectivity index (χ2n) is 10.6. The molecule has 1 saturated heterocycles. The van der Waals surface area contributed by atoms with Crippen molar-refractivity contribution in [3.63, 3.8) is 0 Å². The Hall–Kier alpha value is -3.71. The Labute approximate surface area is 223 Å². The molecule has 0 amide bonds. The molecule has 1 aliphatic heterocycles. The lowest BCUT2D eigenvalue weighted by molar-refractivity contribution is 0.252. The molecule has 7 nitrogen and oxygen atoms in total. The average molecular weight is 509 g/mol. The van der Waals surface area contributed by atoms with Gasteiger partial charge < -0.3 is 10.7 Å². The topological polar surface area (TPSA) is 80.3 Å². The van der Waals surface area contributed by atoms with Crippen LogP contribution in [0.3, 0.4) is 0 Å². The Morgan fingerprint density at radius 2 is 1.66 bits per heavy atom. The Bertz CT molecular complexity index is 1460. The first-order valence-electron chi connectivity index (χ1n) is 13.9.